The van der Waals surface area contributed by atoms with Gasteiger partial charge in [0.1, 0.15) is 17.3 Å². The molecule has 3 aromatic rings. The highest BCUT2D eigenvalue weighted by molar-refractivity contribution is 6.46. The average Bonchev–Trinajstić information content (AvgIpc) is 3.14. The van der Waals surface area contributed by atoms with Crippen LogP contribution in [0.4, 0.5) is 0 Å². The minimum absolute atomic E-state index is 0.0523. The fourth-order valence-electron chi connectivity index (χ4n) is 4.75. The molecule has 1 fully saturated rings. The van der Waals surface area contributed by atoms with Crippen LogP contribution in [0.3, 0.4) is 0 Å². The zero-order valence-electron chi connectivity index (χ0n) is 22.9. The standard InChI is InChI=1S/C32H35NO5/c1-7-38-26-17-12-23(18-20(26)2)29(34)27-28(22-10-13-24(14-11-22)32(3,4)5)33(31(36)30(27)35)19-21-8-15-25(37-6)16-9-21/h8-18,28,34H,7,19H2,1-6H3/b29-27-. The number of hydrogen-bond acceptors (Lipinski definition) is 5. The number of ketones is 1. The lowest BCUT2D eigenvalue weighted by Crippen LogP contribution is -2.29. The molecule has 6 heteroatoms. The average molecular weight is 514 g/mol. The molecule has 1 amide bonds. The van der Waals surface area contributed by atoms with Gasteiger partial charge in [-0.25, -0.2) is 0 Å². The molecule has 1 unspecified atom stereocenters. The molecule has 0 aromatic heterocycles. The summed E-state index contributed by atoms with van der Waals surface area (Å²) >= 11 is 0. The third-order valence-electron chi connectivity index (χ3n) is 6.89. The van der Waals surface area contributed by atoms with Gasteiger partial charge in [-0.05, 0) is 71.8 Å². The highest BCUT2D eigenvalue weighted by atomic mass is 16.5. The van der Waals surface area contributed by atoms with E-state index in [0.29, 0.717) is 23.7 Å². The van der Waals surface area contributed by atoms with Gasteiger partial charge in [-0.2, -0.15) is 0 Å². The number of aliphatic hydroxyl groups excluding tert-OH is 1. The van der Waals surface area contributed by atoms with E-state index in [1.54, 1.807) is 25.3 Å². The summed E-state index contributed by atoms with van der Waals surface area (Å²) in [6, 6.07) is 19.8. The summed E-state index contributed by atoms with van der Waals surface area (Å²) in [6.07, 6.45) is 0. The number of aryl methyl sites for hydroxylation is 1. The highest BCUT2D eigenvalue weighted by Crippen LogP contribution is 2.41. The number of benzene rings is 3. The van der Waals surface area contributed by atoms with Crippen LogP contribution in [0, 0.1) is 6.92 Å². The van der Waals surface area contributed by atoms with Crippen LogP contribution in [0.1, 0.15) is 61.6 Å². The monoisotopic (exact) mass is 513 g/mol. The first-order valence-electron chi connectivity index (χ1n) is 12.8. The molecular formula is C32H35NO5. The number of carbonyl (C=O) groups is 2. The van der Waals surface area contributed by atoms with Gasteiger partial charge in [-0.3, -0.25) is 9.59 Å². The van der Waals surface area contributed by atoms with Gasteiger partial charge in [0.2, 0.25) is 0 Å². The topological polar surface area (TPSA) is 76.1 Å². The Morgan fingerprint density at radius 1 is 0.974 bits per heavy atom. The smallest absolute Gasteiger partial charge is 0.295 e. The number of likely N-dealkylation sites (tertiary alicyclic amines) is 1. The first-order valence-corrected chi connectivity index (χ1v) is 12.8. The summed E-state index contributed by atoms with van der Waals surface area (Å²) in [5, 5.41) is 11.4. The van der Waals surface area contributed by atoms with E-state index in [1.807, 2.05) is 62.4 Å². The Morgan fingerprint density at radius 2 is 1.63 bits per heavy atom. The second-order valence-corrected chi connectivity index (χ2v) is 10.6. The van der Waals surface area contributed by atoms with Crippen molar-refractivity contribution >= 4 is 17.4 Å². The van der Waals surface area contributed by atoms with Crippen molar-refractivity contribution in [2.75, 3.05) is 13.7 Å². The van der Waals surface area contributed by atoms with Crippen molar-refractivity contribution in [2.45, 2.75) is 52.6 Å². The lowest BCUT2D eigenvalue weighted by Gasteiger charge is -2.27. The number of hydrogen-bond donors (Lipinski definition) is 1. The van der Waals surface area contributed by atoms with Crippen LogP contribution in [-0.2, 0) is 21.5 Å². The van der Waals surface area contributed by atoms with Gasteiger partial charge in [-0.1, -0.05) is 57.2 Å². The first kappa shape index (κ1) is 27.0. The minimum Gasteiger partial charge on any atom is -0.507 e. The molecule has 198 valence electrons. The number of carbonyl (C=O) groups excluding carboxylic acids is 2. The van der Waals surface area contributed by atoms with Crippen molar-refractivity contribution in [1.82, 2.24) is 4.90 Å². The zero-order valence-corrected chi connectivity index (χ0v) is 22.9. The summed E-state index contributed by atoms with van der Waals surface area (Å²) in [5.74, 6) is -0.131. The number of Topliss-reactive ketones (excluding diaryl/α,β-unsaturated/α-hetero) is 1. The van der Waals surface area contributed by atoms with E-state index in [1.165, 1.54) is 4.90 Å². The van der Waals surface area contributed by atoms with Gasteiger partial charge in [0.15, 0.2) is 0 Å². The minimum atomic E-state index is -0.738. The van der Waals surface area contributed by atoms with E-state index < -0.39 is 17.7 Å². The van der Waals surface area contributed by atoms with E-state index in [0.717, 1.165) is 22.3 Å². The van der Waals surface area contributed by atoms with E-state index >= 15 is 0 Å². The molecule has 3 aromatic carbocycles. The molecular weight excluding hydrogens is 478 g/mol. The molecule has 0 aliphatic carbocycles. The van der Waals surface area contributed by atoms with Crippen LogP contribution in [0.15, 0.2) is 72.3 Å². The lowest BCUT2D eigenvalue weighted by atomic mass is 9.85. The van der Waals surface area contributed by atoms with Gasteiger partial charge in [0, 0.05) is 12.1 Å². The number of aliphatic hydroxyl groups is 1. The largest absolute Gasteiger partial charge is 0.507 e. The van der Waals surface area contributed by atoms with Crippen molar-refractivity contribution in [3.05, 3.63) is 100 Å². The van der Waals surface area contributed by atoms with Crippen LogP contribution < -0.4 is 9.47 Å². The van der Waals surface area contributed by atoms with E-state index in [2.05, 4.69) is 20.8 Å². The SMILES string of the molecule is CCOc1ccc(/C(O)=C2/C(=O)C(=O)N(Cc3ccc(OC)cc3)C2c2ccc(C(C)(C)C)cc2)cc1C. The Kier molecular flexibility index (Phi) is 7.63. The van der Waals surface area contributed by atoms with Gasteiger partial charge in [0.25, 0.3) is 11.7 Å². The number of nitrogens with zero attached hydrogens (tertiary/aromatic N) is 1. The van der Waals surface area contributed by atoms with E-state index in [-0.39, 0.29) is 23.3 Å². The van der Waals surface area contributed by atoms with Crippen LogP contribution in [0.25, 0.3) is 5.76 Å². The summed E-state index contributed by atoms with van der Waals surface area (Å²) in [7, 11) is 1.59. The maximum absolute atomic E-state index is 13.4. The summed E-state index contributed by atoms with van der Waals surface area (Å²) in [6.45, 7) is 10.9. The van der Waals surface area contributed by atoms with Gasteiger partial charge in [0.05, 0.1) is 25.3 Å². The molecule has 1 saturated heterocycles. The fourth-order valence-corrected chi connectivity index (χ4v) is 4.75. The van der Waals surface area contributed by atoms with E-state index in [4.69, 9.17) is 9.47 Å². The van der Waals surface area contributed by atoms with Crippen molar-refractivity contribution in [3.8, 4) is 11.5 Å². The molecule has 38 heavy (non-hydrogen) atoms. The fraction of sp³-hybridized carbons (Fsp3) is 0.312. The Labute approximate surface area is 224 Å². The van der Waals surface area contributed by atoms with Crippen molar-refractivity contribution < 1.29 is 24.2 Å². The molecule has 0 radical (unpaired) electrons. The molecule has 0 spiro atoms. The van der Waals surface area contributed by atoms with Gasteiger partial charge >= 0.3 is 0 Å². The molecule has 0 saturated carbocycles. The Morgan fingerprint density at radius 3 is 2.18 bits per heavy atom. The molecule has 6 nitrogen and oxygen atoms in total. The summed E-state index contributed by atoms with van der Waals surface area (Å²) < 4.78 is 10.9. The lowest BCUT2D eigenvalue weighted by molar-refractivity contribution is -0.140. The van der Waals surface area contributed by atoms with Crippen molar-refractivity contribution in [2.24, 2.45) is 0 Å². The number of methoxy groups -OCH3 is 1. The third-order valence-corrected chi connectivity index (χ3v) is 6.89. The van der Waals surface area contributed by atoms with Crippen molar-refractivity contribution in [3.63, 3.8) is 0 Å². The maximum Gasteiger partial charge on any atom is 0.295 e. The molecule has 1 heterocycles. The predicted molar refractivity (Wildman–Crippen MR) is 148 cm³/mol. The second kappa shape index (κ2) is 10.7. The van der Waals surface area contributed by atoms with Crippen LogP contribution in [0.5, 0.6) is 11.5 Å². The Hall–Kier alpha value is -4.06. The third kappa shape index (κ3) is 5.30. The molecule has 1 N–H and O–H groups in total. The zero-order chi connectivity index (χ0) is 27.6. The Bertz CT molecular complexity index is 1360. The molecule has 4 rings (SSSR count). The van der Waals surface area contributed by atoms with Crippen LogP contribution >= 0.6 is 0 Å². The number of ether oxygens (including phenoxy) is 2. The Balaban J connectivity index is 1.83. The normalized spacial score (nSPS) is 17.1. The quantitative estimate of drug-likeness (QED) is 0.227. The second-order valence-electron chi connectivity index (χ2n) is 10.6. The maximum atomic E-state index is 13.4. The van der Waals surface area contributed by atoms with Crippen LogP contribution in [-0.4, -0.2) is 35.4 Å². The molecule has 1 aliphatic heterocycles. The summed E-state index contributed by atoms with van der Waals surface area (Å²) in [4.78, 5) is 28.3. The van der Waals surface area contributed by atoms with Gasteiger partial charge < -0.3 is 19.5 Å². The molecule has 1 aliphatic rings. The van der Waals surface area contributed by atoms with Crippen molar-refractivity contribution in [1.29, 1.82) is 0 Å². The molecule has 0 bridgehead atoms. The number of rotatable bonds is 7. The number of amides is 1. The van der Waals surface area contributed by atoms with E-state index in [9.17, 15) is 14.7 Å². The predicted octanol–water partition coefficient (Wildman–Crippen LogP) is 6.32. The van der Waals surface area contributed by atoms with Crippen LogP contribution in [0.2, 0.25) is 0 Å². The molecule has 1 atom stereocenters. The highest BCUT2D eigenvalue weighted by Gasteiger charge is 2.46. The summed E-state index contributed by atoms with van der Waals surface area (Å²) in [5.41, 5.74) is 4.06. The first-order chi connectivity index (χ1) is 18.0. The van der Waals surface area contributed by atoms with Gasteiger partial charge in [-0.15, -0.1) is 0 Å².